The molecule has 0 saturated carbocycles. The minimum atomic E-state index is -1.51. The quantitative estimate of drug-likeness (QED) is 0.0965. The van der Waals surface area contributed by atoms with Crippen LogP contribution >= 0.6 is 0 Å². The van der Waals surface area contributed by atoms with Crippen LogP contribution in [0.3, 0.4) is 0 Å². The van der Waals surface area contributed by atoms with Gasteiger partial charge in [0.05, 0.1) is 12.7 Å². The standard InChI is InChI=1S/C19H34N6O7/c1-5-10(2)14(22-9-27)18(31)23-12(6-7-20)17(30)25-15(11(3)28)19(32)24-13(8-26)16(29)21-4/h9-15,26,28H,4-8,20H2,1-3H3,(H,22,27)(H,23,31)(H,24,32)(H,25,30)/t10-,11+,12-,13+,14-,15-/m0/s1. The molecule has 0 rings (SSSR count). The van der Waals surface area contributed by atoms with Gasteiger partial charge in [-0.25, -0.2) is 4.99 Å². The zero-order valence-electron chi connectivity index (χ0n) is 18.5. The van der Waals surface area contributed by atoms with Crippen molar-refractivity contribution in [2.24, 2.45) is 16.6 Å². The summed E-state index contributed by atoms with van der Waals surface area (Å²) in [5.74, 6) is -3.50. The number of aliphatic hydroxyl groups excluding tert-OH is 2. The molecule has 0 fully saturated rings. The van der Waals surface area contributed by atoms with Crippen LogP contribution in [0.1, 0.15) is 33.6 Å². The van der Waals surface area contributed by atoms with Crippen molar-refractivity contribution in [2.75, 3.05) is 13.2 Å². The number of nitrogens with one attached hydrogen (secondary N) is 4. The molecule has 0 radical (unpaired) electrons. The summed E-state index contributed by atoms with van der Waals surface area (Å²) in [5.41, 5.74) is 5.53. The maximum absolute atomic E-state index is 12.7. The zero-order chi connectivity index (χ0) is 24.8. The third kappa shape index (κ3) is 9.08. The second kappa shape index (κ2) is 15.0. The Bertz CT molecular complexity index is 673. The van der Waals surface area contributed by atoms with Gasteiger partial charge in [0.15, 0.2) is 0 Å². The molecule has 0 aliphatic carbocycles. The van der Waals surface area contributed by atoms with Gasteiger partial charge in [-0.2, -0.15) is 0 Å². The molecule has 0 aromatic heterocycles. The van der Waals surface area contributed by atoms with Crippen LogP contribution in [0, 0.1) is 5.92 Å². The van der Waals surface area contributed by atoms with Crippen molar-refractivity contribution >= 4 is 36.8 Å². The average molecular weight is 459 g/mol. The number of nitrogens with zero attached hydrogens (tertiary/aromatic N) is 1. The second-order valence-electron chi connectivity index (χ2n) is 7.25. The van der Waals surface area contributed by atoms with Crippen LogP contribution in [-0.2, 0) is 24.0 Å². The van der Waals surface area contributed by atoms with E-state index in [1.165, 1.54) is 6.92 Å². The van der Waals surface area contributed by atoms with Gasteiger partial charge in [0, 0.05) is 0 Å². The fraction of sp³-hybridized carbons (Fsp3) is 0.684. The molecule has 13 heteroatoms. The minimum Gasteiger partial charge on any atom is -0.394 e. The molecule has 0 aliphatic rings. The maximum atomic E-state index is 12.7. The van der Waals surface area contributed by atoms with E-state index in [-0.39, 0.29) is 18.9 Å². The van der Waals surface area contributed by atoms with Crippen LogP contribution in [0.2, 0.25) is 0 Å². The molecule has 5 amide bonds. The molecular weight excluding hydrogens is 424 g/mol. The summed E-state index contributed by atoms with van der Waals surface area (Å²) in [7, 11) is 0. The Kier molecular flexibility index (Phi) is 13.6. The topological polar surface area (TPSA) is 212 Å². The fourth-order valence-electron chi connectivity index (χ4n) is 2.72. The van der Waals surface area contributed by atoms with Crippen LogP contribution in [0.4, 0.5) is 0 Å². The number of hydrogen-bond donors (Lipinski definition) is 7. The van der Waals surface area contributed by atoms with Crippen LogP contribution in [0.25, 0.3) is 0 Å². The predicted octanol–water partition coefficient (Wildman–Crippen LogP) is -3.45. The molecule has 0 heterocycles. The van der Waals surface area contributed by atoms with Gasteiger partial charge in [-0.15, -0.1) is 0 Å². The summed E-state index contributed by atoms with van der Waals surface area (Å²) >= 11 is 0. The Morgan fingerprint density at radius 1 is 1.03 bits per heavy atom. The normalized spacial score (nSPS) is 16.3. The van der Waals surface area contributed by atoms with E-state index >= 15 is 0 Å². The minimum absolute atomic E-state index is 0.0121. The molecule has 0 aromatic carbocycles. The number of aliphatic hydroxyl groups is 2. The van der Waals surface area contributed by atoms with Crippen molar-refractivity contribution in [3.63, 3.8) is 0 Å². The van der Waals surface area contributed by atoms with Crippen LogP contribution in [-0.4, -0.2) is 90.4 Å². The molecule has 8 N–H and O–H groups in total. The summed E-state index contributed by atoms with van der Waals surface area (Å²) in [6.45, 7) is 7.09. The molecule has 32 heavy (non-hydrogen) atoms. The SMILES string of the molecule is C=NC(=O)[C@@H](CO)NC(=O)[C@@H](NC(=O)[C@H](CCN)NC(=O)[C@@H](NC=O)[C@@H](C)CC)[C@@H](C)O. The number of rotatable bonds is 15. The van der Waals surface area contributed by atoms with E-state index < -0.39 is 60.5 Å². The van der Waals surface area contributed by atoms with Crippen molar-refractivity contribution in [3.05, 3.63) is 0 Å². The first kappa shape index (κ1) is 29.1. The average Bonchev–Trinajstić information content (AvgIpc) is 2.77. The lowest BCUT2D eigenvalue weighted by Gasteiger charge is -2.27. The van der Waals surface area contributed by atoms with Crippen molar-refractivity contribution < 1.29 is 34.2 Å². The number of carbonyl (C=O) groups is 5. The Morgan fingerprint density at radius 3 is 2.03 bits per heavy atom. The van der Waals surface area contributed by atoms with Gasteiger partial charge in [0.1, 0.15) is 24.2 Å². The van der Waals surface area contributed by atoms with E-state index in [0.29, 0.717) is 12.8 Å². The summed E-state index contributed by atoms with van der Waals surface area (Å²) in [6, 6.07) is -4.95. The van der Waals surface area contributed by atoms with Crippen LogP contribution in [0.15, 0.2) is 4.99 Å². The predicted molar refractivity (Wildman–Crippen MR) is 115 cm³/mol. The summed E-state index contributed by atoms with van der Waals surface area (Å²) < 4.78 is 0. The number of hydrogen-bond acceptors (Lipinski definition) is 8. The van der Waals surface area contributed by atoms with Gasteiger partial charge in [-0.1, -0.05) is 20.3 Å². The van der Waals surface area contributed by atoms with E-state index in [2.05, 4.69) is 33.0 Å². The molecule has 0 bridgehead atoms. The lowest BCUT2D eigenvalue weighted by Crippen LogP contribution is -2.60. The highest BCUT2D eigenvalue weighted by molar-refractivity contribution is 5.95. The number of aliphatic imine (C=N–C) groups is 1. The largest absolute Gasteiger partial charge is 0.394 e. The molecule has 0 saturated heterocycles. The Labute approximate surface area is 186 Å². The smallest absolute Gasteiger partial charge is 0.270 e. The first-order valence-electron chi connectivity index (χ1n) is 10.2. The van der Waals surface area contributed by atoms with Crippen molar-refractivity contribution in [3.8, 4) is 0 Å². The third-order valence-corrected chi connectivity index (χ3v) is 4.85. The summed E-state index contributed by atoms with van der Waals surface area (Å²) in [6.07, 6.45) is -0.401. The van der Waals surface area contributed by atoms with Crippen molar-refractivity contribution in [2.45, 2.75) is 63.9 Å². The molecule has 0 spiro atoms. The second-order valence-corrected chi connectivity index (χ2v) is 7.25. The van der Waals surface area contributed by atoms with E-state index in [1.54, 1.807) is 6.92 Å². The Balaban J connectivity index is 5.45. The van der Waals surface area contributed by atoms with E-state index in [9.17, 15) is 34.2 Å². The highest BCUT2D eigenvalue weighted by Crippen LogP contribution is 2.08. The zero-order valence-corrected chi connectivity index (χ0v) is 18.5. The third-order valence-electron chi connectivity index (χ3n) is 4.85. The van der Waals surface area contributed by atoms with E-state index in [0.717, 1.165) is 0 Å². The summed E-state index contributed by atoms with van der Waals surface area (Å²) in [5, 5.41) is 28.6. The van der Waals surface area contributed by atoms with Gasteiger partial charge in [0.25, 0.3) is 5.91 Å². The van der Waals surface area contributed by atoms with Gasteiger partial charge < -0.3 is 37.2 Å². The monoisotopic (exact) mass is 458 g/mol. The van der Waals surface area contributed by atoms with Crippen LogP contribution in [0.5, 0.6) is 0 Å². The van der Waals surface area contributed by atoms with Gasteiger partial charge in [0.2, 0.25) is 24.1 Å². The lowest BCUT2D eigenvalue weighted by molar-refractivity contribution is -0.136. The maximum Gasteiger partial charge on any atom is 0.270 e. The van der Waals surface area contributed by atoms with E-state index in [1.807, 2.05) is 6.92 Å². The van der Waals surface area contributed by atoms with Gasteiger partial charge in [-0.3, -0.25) is 24.0 Å². The fourth-order valence-corrected chi connectivity index (χ4v) is 2.72. The number of carbonyl (C=O) groups excluding carboxylic acids is 5. The highest BCUT2D eigenvalue weighted by Gasteiger charge is 2.33. The van der Waals surface area contributed by atoms with Gasteiger partial charge in [-0.05, 0) is 32.5 Å². The van der Waals surface area contributed by atoms with Gasteiger partial charge >= 0.3 is 0 Å². The molecule has 0 aromatic rings. The molecule has 6 atom stereocenters. The first-order chi connectivity index (χ1) is 15.1. The number of nitrogens with two attached hydrogens (primary N) is 1. The molecule has 0 aliphatic heterocycles. The molecular formula is C19H34N6O7. The Hall–Kier alpha value is -2.90. The first-order valence-corrected chi connectivity index (χ1v) is 10.2. The molecule has 13 nitrogen and oxygen atoms in total. The van der Waals surface area contributed by atoms with Crippen LogP contribution < -0.4 is 27.0 Å². The Morgan fingerprint density at radius 2 is 1.59 bits per heavy atom. The van der Waals surface area contributed by atoms with E-state index in [4.69, 9.17) is 5.73 Å². The lowest BCUT2D eigenvalue weighted by atomic mass is 9.98. The molecule has 182 valence electrons. The number of amides is 5. The van der Waals surface area contributed by atoms with Crippen molar-refractivity contribution in [1.29, 1.82) is 0 Å². The van der Waals surface area contributed by atoms with Crippen molar-refractivity contribution in [1.82, 2.24) is 21.3 Å². The summed E-state index contributed by atoms with van der Waals surface area (Å²) in [4.78, 5) is 63.3. The highest BCUT2D eigenvalue weighted by atomic mass is 16.3. The molecule has 0 unspecified atom stereocenters.